The van der Waals surface area contributed by atoms with Crippen LogP contribution in [0.4, 0.5) is 0 Å². The van der Waals surface area contributed by atoms with Gasteiger partial charge in [-0.3, -0.25) is 9.88 Å². The third kappa shape index (κ3) is 2.04. The van der Waals surface area contributed by atoms with Crippen molar-refractivity contribution in [1.29, 1.82) is 0 Å². The molecule has 1 aliphatic rings. The number of aromatic nitrogens is 1. The van der Waals surface area contributed by atoms with Crippen LogP contribution in [0.1, 0.15) is 12.1 Å². The molecule has 2 heterocycles. The van der Waals surface area contributed by atoms with Gasteiger partial charge < -0.3 is 4.74 Å². The molecule has 1 unspecified atom stereocenters. The van der Waals surface area contributed by atoms with E-state index in [0.717, 1.165) is 18.1 Å². The Morgan fingerprint density at radius 3 is 2.93 bits per heavy atom. The van der Waals surface area contributed by atoms with Gasteiger partial charge in [0.1, 0.15) is 12.4 Å². The van der Waals surface area contributed by atoms with Crippen LogP contribution in [0.15, 0.2) is 18.3 Å². The van der Waals surface area contributed by atoms with E-state index < -0.39 is 0 Å². The maximum Gasteiger partial charge on any atom is 0.137 e. The zero-order valence-electron chi connectivity index (χ0n) is 8.73. The highest BCUT2D eigenvalue weighted by Gasteiger charge is 2.24. The van der Waals surface area contributed by atoms with Crippen molar-refractivity contribution in [2.45, 2.75) is 19.4 Å². The molecule has 0 spiro atoms. The average Bonchev–Trinajstić information content (AvgIpc) is 2.19. The lowest BCUT2D eigenvalue weighted by molar-refractivity contribution is 0.0767. The van der Waals surface area contributed by atoms with Crippen LogP contribution in [0.2, 0.25) is 0 Å². The minimum atomic E-state index is 0.594. The highest BCUT2D eigenvalue weighted by atomic mass is 16.5. The second-order valence-electron chi connectivity index (χ2n) is 3.87. The molecule has 1 aliphatic heterocycles. The van der Waals surface area contributed by atoms with E-state index in [2.05, 4.69) is 16.9 Å². The van der Waals surface area contributed by atoms with Gasteiger partial charge in [-0.05, 0) is 39.1 Å². The van der Waals surface area contributed by atoms with E-state index in [0.29, 0.717) is 6.04 Å². The van der Waals surface area contributed by atoms with Crippen molar-refractivity contribution < 1.29 is 4.74 Å². The van der Waals surface area contributed by atoms with Gasteiger partial charge in [-0.15, -0.1) is 0 Å². The molecule has 0 saturated carbocycles. The summed E-state index contributed by atoms with van der Waals surface area (Å²) in [5.74, 6) is 0.871. The second-order valence-corrected chi connectivity index (χ2v) is 3.87. The molecule has 3 nitrogen and oxygen atoms in total. The quantitative estimate of drug-likeness (QED) is 0.725. The Morgan fingerprint density at radius 1 is 1.57 bits per heavy atom. The number of likely N-dealkylation sites (tertiary alicyclic amines) is 1. The monoisotopic (exact) mass is 192 g/mol. The van der Waals surface area contributed by atoms with Crippen molar-refractivity contribution in [3.8, 4) is 5.75 Å². The predicted octanol–water partition coefficient (Wildman–Crippen LogP) is 1.47. The van der Waals surface area contributed by atoms with Crippen molar-refractivity contribution in [2.75, 3.05) is 20.2 Å². The first-order valence-electron chi connectivity index (χ1n) is 5.01. The fraction of sp³-hybridized carbons (Fsp3) is 0.545. The number of hydrogen-bond acceptors (Lipinski definition) is 3. The summed E-state index contributed by atoms with van der Waals surface area (Å²) in [6, 6.07) is 4.54. The second kappa shape index (κ2) is 3.96. The smallest absolute Gasteiger partial charge is 0.137 e. The molecular formula is C11H16N2O. The van der Waals surface area contributed by atoms with Gasteiger partial charge in [0.2, 0.25) is 0 Å². The van der Waals surface area contributed by atoms with Crippen molar-refractivity contribution in [3.05, 3.63) is 24.0 Å². The third-order valence-corrected chi connectivity index (χ3v) is 2.76. The van der Waals surface area contributed by atoms with Crippen molar-refractivity contribution in [3.63, 3.8) is 0 Å². The molecule has 0 N–H and O–H groups in total. The zero-order chi connectivity index (χ0) is 9.97. The average molecular weight is 192 g/mol. The number of ether oxygens (including phenoxy) is 1. The Bertz CT molecular complexity index is 297. The molecular weight excluding hydrogens is 176 g/mol. The van der Waals surface area contributed by atoms with E-state index in [1.165, 1.54) is 13.0 Å². The van der Waals surface area contributed by atoms with E-state index >= 15 is 0 Å². The maximum absolute atomic E-state index is 5.63. The summed E-state index contributed by atoms with van der Waals surface area (Å²) in [6.45, 7) is 3.95. The molecule has 0 aliphatic carbocycles. The minimum absolute atomic E-state index is 0.594. The van der Waals surface area contributed by atoms with E-state index in [1.54, 1.807) is 6.20 Å². The van der Waals surface area contributed by atoms with Crippen LogP contribution < -0.4 is 4.74 Å². The van der Waals surface area contributed by atoms with Gasteiger partial charge in [-0.1, -0.05) is 0 Å². The van der Waals surface area contributed by atoms with Gasteiger partial charge in [0.15, 0.2) is 0 Å². The summed E-state index contributed by atoms with van der Waals surface area (Å²) < 4.78 is 5.63. The first kappa shape index (κ1) is 9.46. The third-order valence-electron chi connectivity index (χ3n) is 2.76. The number of nitrogens with zero attached hydrogens (tertiary/aromatic N) is 2. The Morgan fingerprint density at radius 2 is 2.43 bits per heavy atom. The standard InChI is InChI=1S/C11H16N2O/c1-9-3-4-11(7-12-9)14-8-10-5-6-13(10)2/h3-4,7,10H,5-6,8H2,1-2H3. The van der Waals surface area contributed by atoms with Crippen LogP contribution in [-0.2, 0) is 0 Å². The van der Waals surface area contributed by atoms with Crippen LogP contribution in [0.3, 0.4) is 0 Å². The largest absolute Gasteiger partial charge is 0.490 e. The minimum Gasteiger partial charge on any atom is -0.490 e. The SMILES string of the molecule is Cc1ccc(OCC2CCN2C)cn1. The molecule has 2 rings (SSSR count). The fourth-order valence-electron chi connectivity index (χ4n) is 1.51. The molecule has 0 bridgehead atoms. The molecule has 1 aromatic heterocycles. The normalized spacial score (nSPS) is 21.7. The van der Waals surface area contributed by atoms with Crippen LogP contribution in [0.25, 0.3) is 0 Å². The highest BCUT2D eigenvalue weighted by Crippen LogP contribution is 2.16. The Balaban J connectivity index is 1.83. The fourth-order valence-corrected chi connectivity index (χ4v) is 1.51. The van der Waals surface area contributed by atoms with Crippen LogP contribution >= 0.6 is 0 Å². The molecule has 1 fully saturated rings. The molecule has 0 amide bonds. The van der Waals surface area contributed by atoms with Gasteiger partial charge in [0, 0.05) is 11.7 Å². The molecule has 76 valence electrons. The van der Waals surface area contributed by atoms with E-state index in [1.807, 2.05) is 19.1 Å². The van der Waals surface area contributed by atoms with Crippen LogP contribution in [0.5, 0.6) is 5.75 Å². The molecule has 3 heteroatoms. The van der Waals surface area contributed by atoms with Gasteiger partial charge in [0.25, 0.3) is 0 Å². The van der Waals surface area contributed by atoms with Gasteiger partial charge in [-0.25, -0.2) is 0 Å². The Hall–Kier alpha value is -1.09. The number of pyridine rings is 1. The summed E-state index contributed by atoms with van der Waals surface area (Å²) in [4.78, 5) is 6.49. The summed E-state index contributed by atoms with van der Waals surface area (Å²) >= 11 is 0. The lowest BCUT2D eigenvalue weighted by atomic mass is 10.1. The molecule has 0 radical (unpaired) electrons. The maximum atomic E-state index is 5.63. The van der Waals surface area contributed by atoms with Gasteiger partial charge >= 0.3 is 0 Å². The van der Waals surface area contributed by atoms with E-state index in [4.69, 9.17) is 4.74 Å². The lowest BCUT2D eigenvalue weighted by Crippen LogP contribution is -2.48. The van der Waals surface area contributed by atoms with Crippen molar-refractivity contribution in [1.82, 2.24) is 9.88 Å². The summed E-state index contributed by atoms with van der Waals surface area (Å²) in [6.07, 6.45) is 3.03. The Kier molecular flexibility index (Phi) is 2.68. The number of hydrogen-bond donors (Lipinski definition) is 0. The van der Waals surface area contributed by atoms with E-state index in [9.17, 15) is 0 Å². The molecule has 1 atom stereocenters. The van der Waals surface area contributed by atoms with Crippen LogP contribution in [0, 0.1) is 6.92 Å². The van der Waals surface area contributed by atoms with Crippen molar-refractivity contribution >= 4 is 0 Å². The molecule has 14 heavy (non-hydrogen) atoms. The predicted molar refractivity (Wildman–Crippen MR) is 55.5 cm³/mol. The molecule has 1 aromatic rings. The van der Waals surface area contributed by atoms with Gasteiger partial charge in [-0.2, -0.15) is 0 Å². The first-order chi connectivity index (χ1) is 6.75. The highest BCUT2D eigenvalue weighted by molar-refractivity contribution is 5.19. The topological polar surface area (TPSA) is 25.4 Å². The van der Waals surface area contributed by atoms with Crippen molar-refractivity contribution in [2.24, 2.45) is 0 Å². The number of likely N-dealkylation sites (N-methyl/N-ethyl adjacent to an activating group) is 1. The summed E-state index contributed by atoms with van der Waals surface area (Å²) in [7, 11) is 2.13. The summed E-state index contributed by atoms with van der Waals surface area (Å²) in [5.41, 5.74) is 1.03. The van der Waals surface area contributed by atoms with Crippen LogP contribution in [-0.4, -0.2) is 36.1 Å². The van der Waals surface area contributed by atoms with Gasteiger partial charge in [0.05, 0.1) is 6.20 Å². The van der Waals surface area contributed by atoms with E-state index in [-0.39, 0.29) is 0 Å². The number of aryl methyl sites for hydroxylation is 1. The summed E-state index contributed by atoms with van der Waals surface area (Å²) in [5, 5.41) is 0. The Labute approximate surface area is 84.7 Å². The lowest BCUT2D eigenvalue weighted by Gasteiger charge is -2.37. The zero-order valence-corrected chi connectivity index (χ0v) is 8.73. The molecule has 1 saturated heterocycles. The first-order valence-corrected chi connectivity index (χ1v) is 5.01. The number of rotatable bonds is 3. The molecule has 0 aromatic carbocycles.